The molecule has 0 amide bonds. The van der Waals surface area contributed by atoms with Crippen LogP contribution in [0.3, 0.4) is 0 Å². The molecule has 0 aromatic carbocycles. The predicted octanol–water partition coefficient (Wildman–Crippen LogP) is 0.971. The van der Waals surface area contributed by atoms with Gasteiger partial charge in [0, 0.05) is 25.3 Å². The van der Waals surface area contributed by atoms with Gasteiger partial charge in [-0.25, -0.2) is 9.78 Å². The van der Waals surface area contributed by atoms with Crippen molar-refractivity contribution in [2.45, 2.75) is 12.5 Å². The lowest BCUT2D eigenvalue weighted by atomic mass is 10.3. The SMILES string of the molecule is NC1CCN(c2ncc(C(=O)O)cc2Cl)C1. The van der Waals surface area contributed by atoms with Crippen molar-refractivity contribution in [2.24, 2.45) is 5.73 Å². The maximum absolute atomic E-state index is 10.7. The van der Waals surface area contributed by atoms with Crippen LogP contribution >= 0.6 is 11.6 Å². The molecule has 0 saturated carbocycles. The molecule has 1 aliphatic heterocycles. The molecule has 2 heterocycles. The number of carboxylic acid groups (broad SMARTS) is 1. The number of carbonyl (C=O) groups is 1. The number of rotatable bonds is 2. The molecule has 16 heavy (non-hydrogen) atoms. The van der Waals surface area contributed by atoms with Crippen LogP contribution in [0.15, 0.2) is 12.3 Å². The van der Waals surface area contributed by atoms with Gasteiger partial charge in [-0.3, -0.25) is 0 Å². The number of carboxylic acids is 1. The average Bonchev–Trinajstić information content (AvgIpc) is 2.64. The van der Waals surface area contributed by atoms with Crippen LogP contribution in [0.1, 0.15) is 16.8 Å². The van der Waals surface area contributed by atoms with Gasteiger partial charge < -0.3 is 15.7 Å². The van der Waals surface area contributed by atoms with Crippen molar-refractivity contribution in [2.75, 3.05) is 18.0 Å². The Hall–Kier alpha value is -1.33. The van der Waals surface area contributed by atoms with E-state index in [0.717, 1.165) is 13.0 Å². The molecule has 0 spiro atoms. The van der Waals surface area contributed by atoms with Gasteiger partial charge in [0.1, 0.15) is 5.82 Å². The van der Waals surface area contributed by atoms with Crippen LogP contribution in [0, 0.1) is 0 Å². The van der Waals surface area contributed by atoms with Gasteiger partial charge in [0.15, 0.2) is 0 Å². The summed E-state index contributed by atoms with van der Waals surface area (Å²) in [6.45, 7) is 1.51. The third-order valence-corrected chi connectivity index (χ3v) is 2.87. The Morgan fingerprint density at radius 2 is 2.44 bits per heavy atom. The molecule has 1 aromatic rings. The van der Waals surface area contributed by atoms with Crippen LogP contribution in [0.2, 0.25) is 5.02 Å². The summed E-state index contributed by atoms with van der Waals surface area (Å²) in [5.41, 5.74) is 5.88. The molecule has 1 atom stereocenters. The molecule has 1 aromatic heterocycles. The molecule has 6 heteroatoms. The van der Waals surface area contributed by atoms with Crippen LogP contribution < -0.4 is 10.6 Å². The normalized spacial score (nSPS) is 20.1. The molecular weight excluding hydrogens is 230 g/mol. The van der Waals surface area contributed by atoms with Crippen molar-refractivity contribution in [1.82, 2.24) is 4.98 Å². The monoisotopic (exact) mass is 241 g/mol. The third kappa shape index (κ3) is 2.10. The predicted molar refractivity (Wildman–Crippen MR) is 61.0 cm³/mol. The fraction of sp³-hybridized carbons (Fsp3) is 0.400. The zero-order valence-corrected chi connectivity index (χ0v) is 9.31. The highest BCUT2D eigenvalue weighted by Crippen LogP contribution is 2.26. The molecule has 2 rings (SSSR count). The van der Waals surface area contributed by atoms with E-state index in [1.807, 2.05) is 4.90 Å². The molecule has 0 aliphatic carbocycles. The minimum Gasteiger partial charge on any atom is -0.478 e. The van der Waals surface area contributed by atoms with E-state index in [2.05, 4.69) is 4.98 Å². The van der Waals surface area contributed by atoms with Gasteiger partial charge in [0.25, 0.3) is 0 Å². The van der Waals surface area contributed by atoms with E-state index in [4.69, 9.17) is 22.4 Å². The molecule has 1 fully saturated rings. The molecule has 0 bridgehead atoms. The van der Waals surface area contributed by atoms with E-state index >= 15 is 0 Å². The molecule has 86 valence electrons. The highest BCUT2D eigenvalue weighted by molar-refractivity contribution is 6.33. The maximum Gasteiger partial charge on any atom is 0.337 e. The number of halogens is 1. The molecule has 1 aliphatic rings. The summed E-state index contributed by atoms with van der Waals surface area (Å²) < 4.78 is 0. The van der Waals surface area contributed by atoms with Crippen molar-refractivity contribution in [3.63, 3.8) is 0 Å². The number of pyridine rings is 1. The minimum atomic E-state index is -1.03. The van der Waals surface area contributed by atoms with Crippen molar-refractivity contribution in [1.29, 1.82) is 0 Å². The van der Waals surface area contributed by atoms with Crippen molar-refractivity contribution in [3.8, 4) is 0 Å². The van der Waals surface area contributed by atoms with E-state index in [-0.39, 0.29) is 11.6 Å². The van der Waals surface area contributed by atoms with Gasteiger partial charge >= 0.3 is 5.97 Å². The van der Waals surface area contributed by atoms with Gasteiger partial charge in [-0.1, -0.05) is 11.6 Å². The second kappa shape index (κ2) is 4.27. The zero-order chi connectivity index (χ0) is 11.7. The van der Waals surface area contributed by atoms with Gasteiger partial charge in [0.2, 0.25) is 0 Å². The summed E-state index contributed by atoms with van der Waals surface area (Å²) in [6.07, 6.45) is 2.21. The first-order chi connectivity index (χ1) is 7.58. The van der Waals surface area contributed by atoms with Gasteiger partial charge in [0.05, 0.1) is 10.6 Å². The summed E-state index contributed by atoms with van der Waals surface area (Å²) in [5, 5.41) is 9.13. The number of anilines is 1. The molecule has 5 nitrogen and oxygen atoms in total. The number of nitrogens with two attached hydrogens (primary N) is 1. The second-order valence-electron chi connectivity index (χ2n) is 3.83. The molecular formula is C10H12ClN3O2. The Labute approximate surface area is 97.8 Å². The quantitative estimate of drug-likeness (QED) is 0.807. The highest BCUT2D eigenvalue weighted by atomic mass is 35.5. The summed E-state index contributed by atoms with van der Waals surface area (Å²) in [7, 11) is 0. The Kier molecular flexibility index (Phi) is 2.98. The van der Waals surface area contributed by atoms with Crippen LogP contribution in [0.4, 0.5) is 5.82 Å². The van der Waals surface area contributed by atoms with E-state index in [1.54, 1.807) is 0 Å². The lowest BCUT2D eigenvalue weighted by Gasteiger charge is -2.18. The zero-order valence-electron chi connectivity index (χ0n) is 8.56. The van der Waals surface area contributed by atoms with E-state index in [0.29, 0.717) is 17.4 Å². The molecule has 3 N–H and O–H groups in total. The number of hydrogen-bond donors (Lipinski definition) is 2. The minimum absolute atomic E-state index is 0.0947. The highest BCUT2D eigenvalue weighted by Gasteiger charge is 2.22. The molecule has 1 saturated heterocycles. The van der Waals surface area contributed by atoms with Gasteiger partial charge in [-0.05, 0) is 12.5 Å². The molecule has 0 radical (unpaired) electrons. The largest absolute Gasteiger partial charge is 0.478 e. The van der Waals surface area contributed by atoms with Crippen LogP contribution in [0.25, 0.3) is 0 Å². The number of aromatic nitrogens is 1. The lowest BCUT2D eigenvalue weighted by Crippen LogP contribution is -2.27. The topological polar surface area (TPSA) is 79.5 Å². The van der Waals surface area contributed by atoms with Crippen LogP contribution in [-0.2, 0) is 0 Å². The fourth-order valence-electron chi connectivity index (χ4n) is 1.76. The fourth-order valence-corrected chi connectivity index (χ4v) is 2.05. The lowest BCUT2D eigenvalue weighted by molar-refractivity contribution is 0.0696. The standard InChI is InChI=1S/C10H12ClN3O2/c11-8-3-6(10(15)16)4-13-9(8)14-2-1-7(12)5-14/h3-4,7H,1-2,5,12H2,(H,15,16). The Morgan fingerprint density at radius 3 is 2.94 bits per heavy atom. The first-order valence-electron chi connectivity index (χ1n) is 4.97. The summed E-state index contributed by atoms with van der Waals surface area (Å²) >= 11 is 5.99. The number of aromatic carboxylic acids is 1. The van der Waals surface area contributed by atoms with E-state index in [1.165, 1.54) is 12.3 Å². The maximum atomic E-state index is 10.7. The summed E-state index contributed by atoms with van der Waals surface area (Å²) in [4.78, 5) is 16.7. The average molecular weight is 242 g/mol. The number of hydrogen-bond acceptors (Lipinski definition) is 4. The third-order valence-electron chi connectivity index (χ3n) is 2.59. The second-order valence-corrected chi connectivity index (χ2v) is 4.24. The van der Waals surface area contributed by atoms with Crippen molar-refractivity contribution >= 4 is 23.4 Å². The van der Waals surface area contributed by atoms with Crippen LogP contribution in [-0.4, -0.2) is 35.2 Å². The van der Waals surface area contributed by atoms with Crippen molar-refractivity contribution in [3.05, 3.63) is 22.8 Å². The Morgan fingerprint density at radius 1 is 1.69 bits per heavy atom. The Bertz CT molecular complexity index is 425. The van der Waals surface area contributed by atoms with E-state index < -0.39 is 5.97 Å². The summed E-state index contributed by atoms with van der Waals surface area (Å²) in [6, 6.07) is 1.55. The number of nitrogens with zero attached hydrogens (tertiary/aromatic N) is 2. The Balaban J connectivity index is 2.26. The first kappa shape index (κ1) is 11.2. The smallest absolute Gasteiger partial charge is 0.337 e. The summed E-state index contributed by atoms with van der Waals surface area (Å²) in [5.74, 6) is -0.418. The van der Waals surface area contributed by atoms with E-state index in [9.17, 15) is 4.79 Å². The van der Waals surface area contributed by atoms with Gasteiger partial charge in [-0.2, -0.15) is 0 Å². The van der Waals surface area contributed by atoms with Crippen molar-refractivity contribution < 1.29 is 9.90 Å². The molecule has 1 unspecified atom stereocenters. The van der Waals surface area contributed by atoms with Gasteiger partial charge in [-0.15, -0.1) is 0 Å². The first-order valence-corrected chi connectivity index (χ1v) is 5.35. The van der Waals surface area contributed by atoms with Crippen LogP contribution in [0.5, 0.6) is 0 Å².